The summed E-state index contributed by atoms with van der Waals surface area (Å²) in [5.41, 5.74) is 8.70. The van der Waals surface area contributed by atoms with Gasteiger partial charge in [0.1, 0.15) is 11.8 Å². The Hall–Kier alpha value is -3.90. The number of likely N-dealkylation sites (tertiary alicyclic amines) is 1. The van der Waals surface area contributed by atoms with Crippen LogP contribution in [-0.2, 0) is 16.0 Å². The number of rotatable bonds is 9. The second kappa shape index (κ2) is 14.3. The van der Waals surface area contributed by atoms with Gasteiger partial charge in [-0.05, 0) is 87.0 Å². The number of nitrogens with zero attached hydrogens (tertiary/aromatic N) is 2. The Morgan fingerprint density at radius 2 is 1.64 bits per heavy atom. The van der Waals surface area contributed by atoms with Gasteiger partial charge in [0.2, 0.25) is 5.91 Å². The summed E-state index contributed by atoms with van der Waals surface area (Å²) in [6.45, 7) is 1.05. The number of benzene rings is 3. The Morgan fingerprint density at radius 3 is 2.34 bits per heavy atom. The summed E-state index contributed by atoms with van der Waals surface area (Å²) in [6.07, 6.45) is 1.66. The average molecular weight is 727 g/mol. The van der Waals surface area contributed by atoms with Crippen LogP contribution in [0.3, 0.4) is 0 Å². The Balaban J connectivity index is 1.25. The smallest absolute Gasteiger partial charge is 0.322 e. The van der Waals surface area contributed by atoms with Gasteiger partial charge in [0.25, 0.3) is 5.91 Å². The zero-order valence-corrected chi connectivity index (χ0v) is 27.1. The van der Waals surface area contributed by atoms with E-state index >= 15 is 0 Å². The van der Waals surface area contributed by atoms with Crippen molar-refractivity contribution in [2.24, 2.45) is 0 Å². The Bertz CT molecular complexity index is 1520. The third-order valence-electron chi connectivity index (χ3n) is 7.90. The van der Waals surface area contributed by atoms with E-state index in [0.717, 1.165) is 17.7 Å². The van der Waals surface area contributed by atoms with Crippen LogP contribution in [0.25, 0.3) is 0 Å². The number of nitrogens with two attached hydrogens (primary N) is 1. The van der Waals surface area contributed by atoms with Crippen LogP contribution in [0.1, 0.15) is 35.2 Å². The molecule has 0 saturated carbocycles. The zero-order chi connectivity index (χ0) is 31.2. The molecular weight excluding hydrogens is 694 g/mol. The lowest BCUT2D eigenvalue weighted by Crippen LogP contribution is -2.55. The number of piperidine rings is 1. The van der Waals surface area contributed by atoms with E-state index in [0.29, 0.717) is 58.4 Å². The van der Waals surface area contributed by atoms with Crippen LogP contribution in [0, 0.1) is 0 Å². The number of ether oxygens (including phenoxy) is 1. The highest BCUT2D eigenvalue weighted by Gasteiger charge is 2.35. The van der Waals surface area contributed by atoms with E-state index in [1.165, 1.54) is 0 Å². The van der Waals surface area contributed by atoms with Crippen LogP contribution in [0.5, 0.6) is 5.75 Å². The average Bonchev–Trinajstić information content (AvgIpc) is 3.20. The summed E-state index contributed by atoms with van der Waals surface area (Å²) < 4.78 is 6.65. The van der Waals surface area contributed by atoms with E-state index in [2.05, 4.69) is 42.5 Å². The Labute approximate surface area is 272 Å². The number of amides is 4. The third-order valence-corrected chi connectivity index (χ3v) is 9.21. The molecule has 10 nitrogen and oxygen atoms in total. The molecule has 0 spiro atoms. The van der Waals surface area contributed by atoms with Crippen molar-refractivity contribution < 1.29 is 23.9 Å². The van der Waals surface area contributed by atoms with Gasteiger partial charge in [0.15, 0.2) is 12.4 Å². The van der Waals surface area contributed by atoms with Gasteiger partial charge in [-0.1, -0.05) is 36.4 Å². The number of carbonyl (C=O) groups excluding carboxylic acids is 4. The summed E-state index contributed by atoms with van der Waals surface area (Å²) in [4.78, 5) is 56.6. The van der Waals surface area contributed by atoms with Crippen molar-refractivity contribution >= 4 is 66.9 Å². The first kappa shape index (κ1) is 31.5. The van der Waals surface area contributed by atoms with E-state index < -0.39 is 11.9 Å². The fourth-order valence-electron chi connectivity index (χ4n) is 5.51. The number of hydrogen-bond acceptors (Lipinski definition) is 6. The largest absolute Gasteiger partial charge is 0.484 e. The number of anilines is 2. The highest BCUT2D eigenvalue weighted by atomic mass is 79.9. The molecule has 4 amide bonds. The van der Waals surface area contributed by atoms with Crippen molar-refractivity contribution in [1.29, 1.82) is 0 Å². The van der Waals surface area contributed by atoms with Gasteiger partial charge in [0.05, 0.1) is 5.69 Å². The normalized spacial score (nSPS) is 15.9. The van der Waals surface area contributed by atoms with Gasteiger partial charge in [-0.15, -0.1) is 0 Å². The van der Waals surface area contributed by atoms with Crippen LogP contribution in [-0.4, -0.2) is 71.8 Å². The van der Waals surface area contributed by atoms with E-state index in [4.69, 9.17) is 10.5 Å². The predicted molar refractivity (Wildman–Crippen MR) is 175 cm³/mol. The molecule has 0 aliphatic carbocycles. The molecule has 3 aromatic rings. The molecule has 0 bridgehead atoms. The monoisotopic (exact) mass is 725 g/mol. The van der Waals surface area contributed by atoms with Gasteiger partial charge >= 0.3 is 6.03 Å². The van der Waals surface area contributed by atoms with Crippen LogP contribution in [0.2, 0.25) is 0 Å². The van der Waals surface area contributed by atoms with Crippen molar-refractivity contribution in [1.82, 2.24) is 15.1 Å². The molecule has 1 saturated heterocycles. The molecule has 44 heavy (non-hydrogen) atoms. The molecule has 2 aliphatic heterocycles. The Morgan fingerprint density at radius 1 is 0.977 bits per heavy atom. The standard InChI is InChI=1S/C32H33Br2N5O5/c33-24-16-21(17-25(34)30(24)35)28(40)18-27(36-29(41)19-44-23-7-2-1-3-8-23)31(42)38-13-11-22(12-14-38)39-15-10-20-6-4-5-9-26(20)37-32(39)43/h1-9,16-17,22,27H,10-15,18-19,35H2,(H,36,41)(H,37,43)/t27-/m0/s1. The first-order valence-electron chi connectivity index (χ1n) is 14.4. The minimum atomic E-state index is -1.10. The van der Waals surface area contributed by atoms with Crippen molar-refractivity contribution in [3.05, 3.63) is 86.8 Å². The molecule has 0 aromatic heterocycles. The van der Waals surface area contributed by atoms with Crippen LogP contribution in [0.15, 0.2) is 75.7 Å². The SMILES string of the molecule is Nc1c(Br)cc(C(=O)C[C@H](NC(=O)COc2ccccc2)C(=O)N2CCC(N3CCc4ccccc4NC3=O)CC2)cc1Br. The lowest BCUT2D eigenvalue weighted by atomic mass is 9.99. The topological polar surface area (TPSA) is 134 Å². The molecule has 1 atom stereocenters. The molecule has 2 aliphatic rings. The maximum Gasteiger partial charge on any atom is 0.322 e. The van der Waals surface area contributed by atoms with Crippen molar-refractivity contribution in [3.8, 4) is 5.75 Å². The zero-order valence-electron chi connectivity index (χ0n) is 23.9. The Kier molecular flexibility index (Phi) is 10.2. The molecule has 4 N–H and O–H groups in total. The van der Waals surface area contributed by atoms with Gasteiger partial charge in [-0.25, -0.2) is 4.79 Å². The first-order valence-corrected chi connectivity index (χ1v) is 16.0. The molecule has 12 heteroatoms. The summed E-state index contributed by atoms with van der Waals surface area (Å²) in [5.74, 6) is -0.688. The molecule has 1 fully saturated rings. The second-order valence-electron chi connectivity index (χ2n) is 10.8. The number of fused-ring (bicyclic) bond motifs is 1. The molecule has 3 aromatic carbocycles. The molecule has 0 radical (unpaired) electrons. The number of hydrogen-bond donors (Lipinski definition) is 3. The molecule has 230 valence electrons. The van der Waals surface area contributed by atoms with Crippen LogP contribution < -0.4 is 21.1 Å². The minimum absolute atomic E-state index is 0.0354. The first-order chi connectivity index (χ1) is 21.2. The number of carbonyl (C=O) groups is 4. The van der Waals surface area contributed by atoms with Crippen LogP contribution in [0.4, 0.5) is 16.2 Å². The third kappa shape index (κ3) is 7.59. The van der Waals surface area contributed by atoms with E-state index in [1.807, 2.05) is 35.2 Å². The highest BCUT2D eigenvalue weighted by Crippen LogP contribution is 2.30. The number of nitrogens with one attached hydrogen (secondary N) is 2. The number of nitrogen functional groups attached to an aromatic ring is 1. The van der Waals surface area contributed by atoms with Crippen molar-refractivity contribution in [2.75, 3.05) is 37.3 Å². The molecule has 2 heterocycles. The van der Waals surface area contributed by atoms with Gasteiger partial charge in [-0.3, -0.25) is 14.4 Å². The van der Waals surface area contributed by atoms with Crippen LogP contribution >= 0.6 is 31.9 Å². The van der Waals surface area contributed by atoms with Gasteiger partial charge in [-0.2, -0.15) is 0 Å². The lowest BCUT2D eigenvalue weighted by Gasteiger charge is -2.39. The number of para-hydroxylation sites is 2. The maximum absolute atomic E-state index is 13.8. The highest BCUT2D eigenvalue weighted by molar-refractivity contribution is 9.11. The van der Waals surface area contributed by atoms with Crippen molar-refractivity contribution in [3.63, 3.8) is 0 Å². The van der Waals surface area contributed by atoms with E-state index in [-0.39, 0.29) is 36.8 Å². The molecule has 0 unspecified atom stereocenters. The summed E-state index contributed by atoms with van der Waals surface area (Å²) in [5, 5.41) is 5.74. The fraction of sp³-hybridized carbons (Fsp3) is 0.312. The quantitative estimate of drug-likeness (QED) is 0.210. The molecular formula is C32H33Br2N5O5. The van der Waals surface area contributed by atoms with Gasteiger partial charge in [0, 0.05) is 52.3 Å². The lowest BCUT2D eigenvalue weighted by molar-refractivity contribution is -0.138. The number of Topliss-reactive ketones (excluding diaryl/α,β-unsaturated/α-hetero) is 1. The molecule has 5 rings (SSSR count). The van der Waals surface area contributed by atoms with E-state index in [9.17, 15) is 19.2 Å². The van der Waals surface area contributed by atoms with Crippen molar-refractivity contribution in [2.45, 2.75) is 37.8 Å². The number of urea groups is 1. The summed E-state index contributed by atoms with van der Waals surface area (Å²) >= 11 is 6.72. The predicted octanol–water partition coefficient (Wildman–Crippen LogP) is 5.01. The maximum atomic E-state index is 13.8. The summed E-state index contributed by atoms with van der Waals surface area (Å²) in [7, 11) is 0. The number of ketones is 1. The minimum Gasteiger partial charge on any atom is -0.484 e. The number of halogens is 2. The second-order valence-corrected chi connectivity index (χ2v) is 12.5. The van der Waals surface area contributed by atoms with Gasteiger partial charge < -0.3 is 30.9 Å². The summed E-state index contributed by atoms with van der Waals surface area (Å²) in [6, 6.07) is 18.6. The van der Waals surface area contributed by atoms with E-state index in [1.54, 1.807) is 41.3 Å². The fourth-order valence-corrected chi connectivity index (χ4v) is 6.69.